The van der Waals surface area contributed by atoms with Crippen LogP contribution in [0.15, 0.2) is 236 Å². The van der Waals surface area contributed by atoms with E-state index in [1.807, 2.05) is 114 Å². The maximum atomic E-state index is 11.5. The van der Waals surface area contributed by atoms with E-state index >= 15 is 0 Å². The summed E-state index contributed by atoms with van der Waals surface area (Å²) in [4.78, 5) is 35.8. The first-order valence-electron chi connectivity index (χ1n) is 27.7. The smallest absolute Gasteiger partial charge is 0.164 e. The Morgan fingerprint density at radius 2 is 1.00 bits per heavy atom. The molecule has 0 aliphatic carbocycles. The maximum Gasteiger partial charge on any atom is 0.164 e. The third kappa shape index (κ3) is 20.8. The van der Waals surface area contributed by atoms with E-state index in [0.717, 1.165) is 55.7 Å². The SMILES string of the molecule is CC(=O)C=C(C)O.CC(C)(C)C(=O)C=C(O)C(C)(C)C.Cc1ccc2nc(-c3[c-]cc(-c4ccccc4)cc3)c(C)cc2c1.Cc1ccc[c-]c1-c1ccc2ccccc2n1.[Ir].[Ir].[Ir].[c-]1ccc(-c2ccccc2)cc1-c1ccc2ccccc2n1. The Hall–Kier alpha value is -7.64. The number of aromatic nitrogens is 3. The molecule has 11 rings (SSSR count). The molecule has 7 nitrogen and oxygen atoms in total. The molecule has 0 fully saturated rings. The van der Waals surface area contributed by atoms with Crippen LogP contribution in [0.5, 0.6) is 0 Å². The van der Waals surface area contributed by atoms with Gasteiger partial charge in [0.05, 0.1) is 22.3 Å². The Kier molecular flexibility index (Phi) is 27.4. The number of ketones is 2. The van der Waals surface area contributed by atoms with Crippen LogP contribution in [-0.4, -0.2) is 36.7 Å². The number of aryl methyl sites for hydroxylation is 3. The fourth-order valence-electron chi connectivity index (χ4n) is 8.55. The van der Waals surface area contributed by atoms with E-state index in [0.29, 0.717) is 0 Å². The monoisotopic (exact) mass is 1670 g/mol. The Morgan fingerprint density at radius 3 is 1.53 bits per heavy atom. The fraction of sp³-hybridized carbons (Fsp3) is 0.171. The van der Waals surface area contributed by atoms with E-state index in [4.69, 9.17) is 15.1 Å². The molecule has 445 valence electrons. The average Bonchev–Trinajstić information content (AvgIpc) is 2.14. The van der Waals surface area contributed by atoms with E-state index in [2.05, 4.69) is 183 Å². The van der Waals surface area contributed by atoms with Gasteiger partial charge in [0.15, 0.2) is 11.6 Å². The molecule has 0 aliphatic heterocycles. The molecule has 3 radical (unpaired) electrons. The number of hydrogen-bond acceptors (Lipinski definition) is 7. The number of carbonyl (C=O) groups is 2. The number of aliphatic hydroxyl groups is 2. The van der Waals surface area contributed by atoms with E-state index in [1.54, 1.807) is 0 Å². The predicted molar refractivity (Wildman–Crippen MR) is 345 cm³/mol. The van der Waals surface area contributed by atoms with Crippen molar-refractivity contribution in [3.8, 4) is 56.0 Å². The number of benzene rings is 8. The Balaban J connectivity index is 0.000000239. The van der Waals surface area contributed by atoms with E-state index in [9.17, 15) is 14.7 Å². The van der Waals surface area contributed by atoms with Gasteiger partial charge in [0.25, 0.3) is 0 Å². The zero-order valence-electron chi connectivity index (χ0n) is 50.4. The fourth-order valence-corrected chi connectivity index (χ4v) is 8.55. The number of para-hydroxylation sites is 2. The van der Waals surface area contributed by atoms with Crippen LogP contribution in [0.25, 0.3) is 88.7 Å². The summed E-state index contributed by atoms with van der Waals surface area (Å²) < 4.78 is 0. The van der Waals surface area contributed by atoms with Crippen molar-refractivity contribution in [2.24, 2.45) is 10.8 Å². The average molecular weight is 1670 g/mol. The van der Waals surface area contributed by atoms with Crippen molar-refractivity contribution in [3.63, 3.8) is 0 Å². The summed E-state index contributed by atoms with van der Waals surface area (Å²) in [6.45, 7) is 20.3. The van der Waals surface area contributed by atoms with Crippen LogP contribution in [0.3, 0.4) is 0 Å². The number of allylic oxidation sites excluding steroid dienone is 4. The van der Waals surface area contributed by atoms with Gasteiger partial charge in [0, 0.05) is 83.3 Å². The van der Waals surface area contributed by atoms with E-state index in [1.165, 1.54) is 75.7 Å². The van der Waals surface area contributed by atoms with Crippen molar-refractivity contribution in [2.45, 2.75) is 76.2 Å². The summed E-state index contributed by atoms with van der Waals surface area (Å²) in [6.07, 6.45) is 2.50. The number of fused-ring (bicyclic) bond motifs is 3. The van der Waals surface area contributed by atoms with Gasteiger partial charge in [-0.25, -0.2) is 0 Å². The maximum absolute atomic E-state index is 11.5. The van der Waals surface area contributed by atoms with Gasteiger partial charge < -0.3 is 10.2 Å². The number of carbonyl (C=O) groups excluding carboxylic acids is 2. The number of nitrogens with zero attached hydrogens (tertiary/aromatic N) is 3. The topological polar surface area (TPSA) is 113 Å². The number of pyridine rings is 3. The Morgan fingerprint density at radius 1 is 0.442 bits per heavy atom. The van der Waals surface area contributed by atoms with Gasteiger partial charge in [-0.3, -0.25) is 24.5 Å². The summed E-state index contributed by atoms with van der Waals surface area (Å²) in [5, 5.41) is 21.4. The van der Waals surface area contributed by atoms with Crippen LogP contribution in [-0.2, 0) is 69.9 Å². The normalized spacial score (nSPS) is 11.0. The van der Waals surface area contributed by atoms with Crippen LogP contribution < -0.4 is 0 Å². The molecule has 10 heteroatoms. The van der Waals surface area contributed by atoms with E-state index in [-0.39, 0.29) is 88.8 Å². The van der Waals surface area contributed by atoms with Gasteiger partial charge in [-0.2, -0.15) is 0 Å². The van der Waals surface area contributed by atoms with Crippen molar-refractivity contribution >= 4 is 44.3 Å². The molecule has 86 heavy (non-hydrogen) atoms. The number of rotatable bonds is 7. The molecule has 0 bridgehead atoms. The number of hydrogen-bond donors (Lipinski definition) is 2. The van der Waals surface area contributed by atoms with Crippen LogP contribution in [0.2, 0.25) is 0 Å². The van der Waals surface area contributed by atoms with Gasteiger partial charge in [0.2, 0.25) is 0 Å². The standard InChI is InChI=1S/C23H18N.C21H14N.C16H12N.C11H20O2.C5H8O2.3Ir/c1-16-8-13-22-21(14-16)15-17(2)23(24-22)20-11-9-19(10-12-20)18-6-4-3-5-7-18;1-2-7-16(8-3-1)18-10-6-11-19(15-18)21-14-13-17-9-4-5-12-20(17)22-21;1-12-6-2-4-8-14(12)16-11-10-13-7-3-5-9-15(13)17-16;1-10(2,3)8(12)7-9(13)11(4,5)6;1-4(6)3-5(2)7;;;/h3-11,13-15H,1-2H3;1-10,12-15H;2-7,9-11H,1H3;7,12H,1-6H3;3,6H,1-2H3;;;/q3*-1;;;;;. The molecule has 3 heterocycles. The molecular weight excluding hydrogens is 1600 g/mol. The van der Waals surface area contributed by atoms with Crippen LogP contribution in [0.1, 0.15) is 72.1 Å². The van der Waals surface area contributed by atoms with Crippen molar-refractivity contribution < 1.29 is 80.1 Å². The predicted octanol–water partition coefficient (Wildman–Crippen LogP) is 19.5. The Bertz CT molecular complexity index is 4050. The third-order valence-electron chi connectivity index (χ3n) is 13.2. The summed E-state index contributed by atoms with van der Waals surface area (Å²) in [7, 11) is 0. The van der Waals surface area contributed by atoms with Gasteiger partial charge >= 0.3 is 0 Å². The largest absolute Gasteiger partial charge is 0.512 e. The summed E-state index contributed by atoms with van der Waals surface area (Å²) in [6, 6.07) is 82.5. The minimum absolute atomic E-state index is 0. The van der Waals surface area contributed by atoms with Gasteiger partial charge in [-0.1, -0.05) is 204 Å². The molecular formula is C76H72Ir3N3O4-3. The second-order valence-corrected chi connectivity index (χ2v) is 22.4. The third-order valence-corrected chi connectivity index (χ3v) is 13.2. The molecule has 0 unspecified atom stereocenters. The van der Waals surface area contributed by atoms with Crippen LogP contribution in [0.4, 0.5) is 0 Å². The first-order valence-corrected chi connectivity index (χ1v) is 27.7. The molecule has 2 N–H and O–H groups in total. The van der Waals surface area contributed by atoms with Gasteiger partial charge in [-0.15, -0.1) is 101 Å². The first-order chi connectivity index (χ1) is 39.6. The van der Waals surface area contributed by atoms with Crippen molar-refractivity contribution in [3.05, 3.63) is 271 Å². The van der Waals surface area contributed by atoms with Gasteiger partial charge in [-0.05, 0) is 90.8 Å². The molecule has 0 saturated carbocycles. The summed E-state index contributed by atoms with van der Waals surface area (Å²) in [5.74, 6) is 0.0415. The van der Waals surface area contributed by atoms with Crippen LogP contribution >= 0.6 is 0 Å². The quantitative estimate of drug-likeness (QED) is 0.0928. The van der Waals surface area contributed by atoms with Crippen molar-refractivity contribution in [2.75, 3.05) is 0 Å². The van der Waals surface area contributed by atoms with Crippen molar-refractivity contribution in [1.82, 2.24) is 15.0 Å². The molecule has 0 amide bonds. The molecule has 0 atom stereocenters. The minimum Gasteiger partial charge on any atom is -0.512 e. The molecule has 0 aliphatic rings. The van der Waals surface area contributed by atoms with Crippen molar-refractivity contribution in [1.29, 1.82) is 0 Å². The van der Waals surface area contributed by atoms with Crippen LogP contribution in [0, 0.1) is 49.8 Å². The van der Waals surface area contributed by atoms with E-state index < -0.39 is 5.41 Å². The molecule has 3 aromatic heterocycles. The number of aliphatic hydroxyl groups excluding tert-OH is 2. The zero-order valence-corrected chi connectivity index (χ0v) is 57.6. The molecule has 0 saturated heterocycles. The second kappa shape index (κ2) is 33.3. The molecule has 11 aromatic rings. The second-order valence-electron chi connectivity index (χ2n) is 22.4. The first kappa shape index (κ1) is 70.8. The van der Waals surface area contributed by atoms with Gasteiger partial charge in [0.1, 0.15) is 5.76 Å². The summed E-state index contributed by atoms with van der Waals surface area (Å²) in [5.41, 5.74) is 16.8. The Labute approximate surface area is 548 Å². The summed E-state index contributed by atoms with van der Waals surface area (Å²) >= 11 is 0. The minimum atomic E-state index is -0.417. The molecule has 0 spiro atoms. The zero-order chi connectivity index (χ0) is 59.7. The molecule has 8 aromatic carbocycles.